The van der Waals surface area contributed by atoms with Crippen LogP contribution in [0.2, 0.25) is 0 Å². The van der Waals surface area contributed by atoms with Gasteiger partial charge in [-0.1, -0.05) is 12.8 Å². The van der Waals surface area contributed by atoms with E-state index in [1.54, 1.807) is 0 Å². The summed E-state index contributed by atoms with van der Waals surface area (Å²) >= 11 is 1.84. The molecule has 0 aromatic heterocycles. The maximum absolute atomic E-state index is 5.52. The van der Waals surface area contributed by atoms with E-state index in [4.69, 9.17) is 20.2 Å². The number of hydrogen-bond acceptors (Lipinski definition) is 5. The van der Waals surface area contributed by atoms with E-state index in [0.717, 1.165) is 47.7 Å². The molecule has 1 aliphatic heterocycles. The van der Waals surface area contributed by atoms with E-state index in [1.807, 2.05) is 30.0 Å². The van der Waals surface area contributed by atoms with Crippen molar-refractivity contribution in [2.45, 2.75) is 31.7 Å². The van der Waals surface area contributed by atoms with Gasteiger partial charge in [-0.05, 0) is 25.0 Å². The zero-order valence-corrected chi connectivity index (χ0v) is 14.7. The maximum atomic E-state index is 5.52. The highest BCUT2D eigenvalue weighted by Crippen LogP contribution is 2.34. The molecule has 1 aromatic carbocycles. The van der Waals surface area contributed by atoms with Crippen LogP contribution in [-0.2, 0) is 0 Å². The Kier molecular flexibility index (Phi) is 6.48. The number of nitrogens with one attached hydrogen (secondary N) is 2. The van der Waals surface area contributed by atoms with Crippen molar-refractivity contribution in [3.05, 3.63) is 18.2 Å². The number of anilines is 1. The predicted octanol–water partition coefficient (Wildman–Crippen LogP) is 2.41. The summed E-state index contributed by atoms with van der Waals surface area (Å²) in [5, 5.41) is 6.95. The zero-order chi connectivity index (χ0) is 16.6. The maximum Gasteiger partial charge on any atom is 0.231 e. The zero-order valence-electron chi connectivity index (χ0n) is 13.9. The van der Waals surface area contributed by atoms with Gasteiger partial charge >= 0.3 is 0 Å². The van der Waals surface area contributed by atoms with Gasteiger partial charge in [-0.15, -0.1) is 0 Å². The van der Waals surface area contributed by atoms with Gasteiger partial charge in [0.1, 0.15) is 0 Å². The number of ether oxygens (including phenoxy) is 2. The van der Waals surface area contributed by atoms with Crippen LogP contribution in [0.4, 0.5) is 5.69 Å². The fourth-order valence-corrected chi connectivity index (χ4v) is 3.49. The minimum atomic E-state index is 0.290. The van der Waals surface area contributed by atoms with Gasteiger partial charge in [-0.2, -0.15) is 11.8 Å². The molecular formula is C17H26N4O2S. The van der Waals surface area contributed by atoms with Crippen LogP contribution in [0.5, 0.6) is 11.5 Å². The van der Waals surface area contributed by atoms with E-state index in [1.165, 1.54) is 25.7 Å². The minimum absolute atomic E-state index is 0.290. The number of nitrogens with two attached hydrogens (primary N) is 1. The first-order valence-corrected chi connectivity index (χ1v) is 9.76. The molecule has 1 heterocycles. The Balaban J connectivity index is 1.60. The van der Waals surface area contributed by atoms with E-state index in [-0.39, 0.29) is 0 Å². The van der Waals surface area contributed by atoms with Crippen LogP contribution in [0.25, 0.3) is 0 Å². The van der Waals surface area contributed by atoms with Gasteiger partial charge in [0.15, 0.2) is 17.5 Å². The molecular weight excluding hydrogens is 324 g/mol. The molecule has 0 amide bonds. The third-order valence-corrected chi connectivity index (χ3v) is 5.09. The third-order valence-electron chi connectivity index (χ3n) is 4.10. The molecule has 7 heteroatoms. The summed E-state index contributed by atoms with van der Waals surface area (Å²) in [6.07, 6.45) is 5.01. The molecule has 0 bridgehead atoms. The summed E-state index contributed by atoms with van der Waals surface area (Å²) in [5.41, 5.74) is 6.48. The average Bonchev–Trinajstić information content (AvgIpc) is 3.25. The largest absolute Gasteiger partial charge is 0.454 e. The number of fused-ring (bicyclic) bond motifs is 1. The van der Waals surface area contributed by atoms with Crippen LogP contribution < -0.4 is 25.8 Å². The molecule has 1 fully saturated rings. The van der Waals surface area contributed by atoms with Crippen LogP contribution in [0.3, 0.4) is 0 Å². The average molecular weight is 350 g/mol. The van der Waals surface area contributed by atoms with Crippen molar-refractivity contribution in [1.29, 1.82) is 0 Å². The van der Waals surface area contributed by atoms with Crippen molar-refractivity contribution in [2.75, 3.05) is 36.7 Å². The van der Waals surface area contributed by atoms with E-state index < -0.39 is 0 Å². The third kappa shape index (κ3) is 4.95. The van der Waals surface area contributed by atoms with Gasteiger partial charge in [0.25, 0.3) is 0 Å². The molecule has 0 spiro atoms. The Morgan fingerprint density at radius 2 is 2.04 bits per heavy atom. The number of rotatable bonds is 7. The lowest BCUT2D eigenvalue weighted by atomic mass is 10.2. The Bertz CT molecular complexity index is 562. The second-order valence-electron chi connectivity index (χ2n) is 5.95. The summed E-state index contributed by atoms with van der Waals surface area (Å²) in [4.78, 5) is 4.71. The van der Waals surface area contributed by atoms with Gasteiger partial charge in [-0.25, -0.2) is 0 Å². The molecule has 4 N–H and O–H groups in total. The summed E-state index contributed by atoms with van der Waals surface area (Å²) in [7, 11) is 0. The first-order chi connectivity index (χ1) is 11.8. The molecule has 24 heavy (non-hydrogen) atoms. The number of hydrogen-bond donors (Lipinski definition) is 3. The van der Waals surface area contributed by atoms with Crippen LogP contribution in [0, 0.1) is 0 Å². The SMILES string of the molecule is NCCSCCN=C(Nc1ccc2c(c1)OCO2)NC1CCCC1. The lowest BCUT2D eigenvalue weighted by molar-refractivity contribution is 0.174. The van der Waals surface area contributed by atoms with E-state index in [9.17, 15) is 0 Å². The van der Waals surface area contributed by atoms with Crippen molar-refractivity contribution in [2.24, 2.45) is 10.7 Å². The van der Waals surface area contributed by atoms with Gasteiger partial charge in [0.05, 0.1) is 6.54 Å². The lowest BCUT2D eigenvalue weighted by Crippen LogP contribution is -2.38. The topological polar surface area (TPSA) is 80.9 Å². The highest BCUT2D eigenvalue weighted by atomic mass is 32.2. The molecule has 1 saturated carbocycles. The summed E-state index contributed by atoms with van der Waals surface area (Å²) in [6, 6.07) is 6.39. The number of nitrogens with zero attached hydrogens (tertiary/aromatic N) is 1. The van der Waals surface area contributed by atoms with Gasteiger partial charge < -0.3 is 25.8 Å². The summed E-state index contributed by atoms with van der Waals surface area (Å²) < 4.78 is 10.8. The number of guanidine groups is 1. The first kappa shape index (κ1) is 17.2. The molecule has 0 saturated heterocycles. The Morgan fingerprint density at radius 1 is 1.21 bits per heavy atom. The first-order valence-electron chi connectivity index (χ1n) is 8.60. The lowest BCUT2D eigenvalue weighted by Gasteiger charge is -2.17. The predicted molar refractivity (Wildman–Crippen MR) is 100 cm³/mol. The minimum Gasteiger partial charge on any atom is -0.454 e. The van der Waals surface area contributed by atoms with Crippen LogP contribution in [-0.4, -0.2) is 43.4 Å². The fraction of sp³-hybridized carbons (Fsp3) is 0.588. The van der Waals surface area contributed by atoms with Crippen molar-refractivity contribution < 1.29 is 9.47 Å². The summed E-state index contributed by atoms with van der Waals surface area (Å²) in [5.74, 6) is 4.38. The highest BCUT2D eigenvalue weighted by molar-refractivity contribution is 7.99. The van der Waals surface area contributed by atoms with Crippen LogP contribution in [0.1, 0.15) is 25.7 Å². The fourth-order valence-electron chi connectivity index (χ4n) is 2.90. The Hall–Kier alpha value is -1.60. The summed E-state index contributed by atoms with van der Waals surface area (Å²) in [6.45, 7) is 1.78. The van der Waals surface area contributed by atoms with Crippen molar-refractivity contribution in [3.8, 4) is 11.5 Å². The number of aliphatic imine (C=N–C) groups is 1. The Morgan fingerprint density at radius 3 is 2.88 bits per heavy atom. The van der Waals surface area contributed by atoms with Crippen molar-refractivity contribution >= 4 is 23.4 Å². The molecule has 6 nitrogen and oxygen atoms in total. The number of benzene rings is 1. The molecule has 0 unspecified atom stereocenters. The smallest absolute Gasteiger partial charge is 0.231 e. The molecule has 1 aliphatic carbocycles. The Labute approximate surface area is 147 Å². The monoisotopic (exact) mass is 350 g/mol. The highest BCUT2D eigenvalue weighted by Gasteiger charge is 2.17. The van der Waals surface area contributed by atoms with Crippen molar-refractivity contribution in [1.82, 2.24) is 5.32 Å². The standard InChI is InChI=1S/C17H26N4O2S/c18-7-9-24-10-8-19-17(20-13-3-1-2-4-13)21-14-5-6-15-16(11-14)23-12-22-15/h5-6,11,13H,1-4,7-10,12,18H2,(H2,19,20,21). The molecule has 0 radical (unpaired) electrons. The second-order valence-corrected chi connectivity index (χ2v) is 7.17. The van der Waals surface area contributed by atoms with Gasteiger partial charge in [0, 0.05) is 35.8 Å². The molecule has 1 aromatic rings. The van der Waals surface area contributed by atoms with Crippen LogP contribution >= 0.6 is 11.8 Å². The normalized spacial score (nSPS) is 17.3. The molecule has 132 valence electrons. The van der Waals surface area contributed by atoms with E-state index in [2.05, 4.69) is 10.6 Å². The second kappa shape index (κ2) is 9.03. The van der Waals surface area contributed by atoms with Crippen molar-refractivity contribution in [3.63, 3.8) is 0 Å². The van der Waals surface area contributed by atoms with E-state index >= 15 is 0 Å². The number of thioether (sulfide) groups is 1. The molecule has 3 rings (SSSR count). The van der Waals surface area contributed by atoms with Crippen LogP contribution in [0.15, 0.2) is 23.2 Å². The van der Waals surface area contributed by atoms with Gasteiger partial charge in [-0.3, -0.25) is 4.99 Å². The van der Waals surface area contributed by atoms with Gasteiger partial charge in [0.2, 0.25) is 6.79 Å². The quantitative estimate of drug-likeness (QED) is 0.398. The molecule has 0 atom stereocenters. The van der Waals surface area contributed by atoms with E-state index in [0.29, 0.717) is 12.8 Å². The molecule has 2 aliphatic rings.